The van der Waals surface area contributed by atoms with Crippen LogP contribution in [-0.2, 0) is 4.74 Å². The summed E-state index contributed by atoms with van der Waals surface area (Å²) in [5, 5.41) is 3.70. The van der Waals surface area contributed by atoms with Gasteiger partial charge in [-0.2, -0.15) is 0 Å². The molecule has 1 aliphatic heterocycles. The maximum atomic E-state index is 12.1. The maximum absolute atomic E-state index is 12.1. The Morgan fingerprint density at radius 2 is 2.07 bits per heavy atom. The Morgan fingerprint density at radius 1 is 1.25 bits per heavy atom. The van der Waals surface area contributed by atoms with E-state index in [0.29, 0.717) is 30.6 Å². The first-order chi connectivity index (χ1) is 13.7. The second kappa shape index (κ2) is 7.93. The molecule has 0 saturated heterocycles. The minimum Gasteiger partial charge on any atom is -0.490 e. The van der Waals surface area contributed by atoms with E-state index in [9.17, 15) is 4.79 Å². The van der Waals surface area contributed by atoms with Gasteiger partial charge in [-0.3, -0.25) is 0 Å². The fourth-order valence-corrected chi connectivity index (χ4v) is 4.19. The summed E-state index contributed by atoms with van der Waals surface area (Å²) in [6.45, 7) is 6.40. The number of allylic oxidation sites excluding steroid dienone is 2. The Morgan fingerprint density at radius 3 is 2.82 bits per heavy atom. The van der Waals surface area contributed by atoms with E-state index in [1.165, 1.54) is 11.1 Å². The van der Waals surface area contributed by atoms with Crippen LogP contribution in [0.25, 0.3) is 0 Å². The van der Waals surface area contributed by atoms with Gasteiger partial charge in [-0.15, -0.1) is 0 Å². The van der Waals surface area contributed by atoms with Crippen molar-refractivity contribution in [3.8, 4) is 5.75 Å². The number of benzene rings is 2. The lowest BCUT2D eigenvalue weighted by Gasteiger charge is -2.37. The lowest BCUT2D eigenvalue weighted by atomic mass is 9.76. The number of esters is 1. The summed E-state index contributed by atoms with van der Waals surface area (Å²) in [5.74, 6) is 1.30. The third-order valence-corrected chi connectivity index (χ3v) is 5.48. The molecule has 4 nitrogen and oxygen atoms in total. The third kappa shape index (κ3) is 3.42. The summed E-state index contributed by atoms with van der Waals surface area (Å²) in [5.41, 5.74) is 4.11. The van der Waals surface area contributed by atoms with E-state index in [4.69, 9.17) is 9.47 Å². The van der Waals surface area contributed by atoms with Crippen LogP contribution in [0.15, 0.2) is 67.3 Å². The Labute approximate surface area is 165 Å². The number of carbonyl (C=O) groups is 1. The Bertz CT molecular complexity index is 901. The number of carbonyl (C=O) groups excluding carboxylic acids is 1. The van der Waals surface area contributed by atoms with E-state index < -0.39 is 0 Å². The molecule has 1 N–H and O–H groups in total. The zero-order chi connectivity index (χ0) is 19.5. The van der Waals surface area contributed by atoms with E-state index in [2.05, 4.69) is 36.2 Å². The SMILES string of the molecule is C=CCOc1ccc([C@@H]2Nc3ccc(C(=O)OCC)cc3[C@@H]3C=CC[C@@H]32)cc1. The molecule has 1 aliphatic carbocycles. The smallest absolute Gasteiger partial charge is 0.338 e. The molecular weight excluding hydrogens is 350 g/mol. The summed E-state index contributed by atoms with van der Waals surface area (Å²) in [7, 11) is 0. The van der Waals surface area contributed by atoms with Crippen molar-refractivity contribution < 1.29 is 14.3 Å². The van der Waals surface area contributed by atoms with Gasteiger partial charge in [0, 0.05) is 11.6 Å². The van der Waals surface area contributed by atoms with Gasteiger partial charge >= 0.3 is 5.97 Å². The summed E-state index contributed by atoms with van der Waals surface area (Å²) >= 11 is 0. The fraction of sp³-hybridized carbons (Fsp3) is 0.292. The second-order valence-electron chi connectivity index (χ2n) is 7.17. The molecule has 0 fully saturated rings. The third-order valence-electron chi connectivity index (χ3n) is 5.48. The minimum atomic E-state index is -0.263. The topological polar surface area (TPSA) is 47.6 Å². The van der Waals surface area contributed by atoms with Gasteiger partial charge in [0.25, 0.3) is 0 Å². The number of hydrogen-bond acceptors (Lipinski definition) is 4. The van der Waals surface area contributed by atoms with E-state index >= 15 is 0 Å². The van der Waals surface area contributed by atoms with Crippen LogP contribution in [0.5, 0.6) is 5.75 Å². The molecular formula is C24H25NO3. The van der Waals surface area contributed by atoms with Gasteiger partial charge in [-0.1, -0.05) is 36.9 Å². The Hall–Kier alpha value is -3.01. The normalized spacial score (nSPS) is 22.0. The molecule has 0 spiro atoms. The van der Waals surface area contributed by atoms with Crippen molar-refractivity contribution >= 4 is 11.7 Å². The fourth-order valence-electron chi connectivity index (χ4n) is 4.19. The molecule has 2 aromatic carbocycles. The van der Waals surface area contributed by atoms with Crippen molar-refractivity contribution in [2.45, 2.75) is 25.3 Å². The average molecular weight is 375 g/mol. The van der Waals surface area contributed by atoms with Gasteiger partial charge in [-0.25, -0.2) is 4.79 Å². The Kier molecular flexibility index (Phi) is 5.20. The van der Waals surface area contributed by atoms with Crippen LogP contribution in [0, 0.1) is 5.92 Å². The van der Waals surface area contributed by atoms with Crippen molar-refractivity contribution in [2.75, 3.05) is 18.5 Å². The van der Waals surface area contributed by atoms with Crippen molar-refractivity contribution in [2.24, 2.45) is 5.92 Å². The molecule has 4 rings (SSSR count). The summed E-state index contributed by atoms with van der Waals surface area (Å²) < 4.78 is 10.8. The van der Waals surface area contributed by atoms with Gasteiger partial charge in [-0.05, 0) is 60.7 Å². The van der Waals surface area contributed by atoms with Crippen LogP contribution >= 0.6 is 0 Å². The van der Waals surface area contributed by atoms with Crippen LogP contribution < -0.4 is 10.1 Å². The molecule has 0 aromatic heterocycles. The molecule has 4 heteroatoms. The second-order valence-corrected chi connectivity index (χ2v) is 7.17. The number of anilines is 1. The molecule has 0 saturated carbocycles. The zero-order valence-corrected chi connectivity index (χ0v) is 16.1. The van der Waals surface area contributed by atoms with Crippen LogP contribution in [0.1, 0.15) is 46.8 Å². The first-order valence-electron chi connectivity index (χ1n) is 9.79. The number of hydrogen-bond donors (Lipinski definition) is 1. The number of nitrogens with one attached hydrogen (secondary N) is 1. The van der Waals surface area contributed by atoms with Crippen LogP contribution in [0.3, 0.4) is 0 Å². The van der Waals surface area contributed by atoms with Gasteiger partial charge in [0.1, 0.15) is 12.4 Å². The first kappa shape index (κ1) is 18.4. The van der Waals surface area contributed by atoms with Gasteiger partial charge < -0.3 is 14.8 Å². The molecule has 144 valence electrons. The van der Waals surface area contributed by atoms with Crippen molar-refractivity contribution in [1.82, 2.24) is 0 Å². The van der Waals surface area contributed by atoms with E-state index in [1.807, 2.05) is 37.3 Å². The van der Waals surface area contributed by atoms with Crippen molar-refractivity contribution in [1.29, 1.82) is 0 Å². The molecule has 2 aliphatic rings. The molecule has 3 atom stereocenters. The zero-order valence-electron chi connectivity index (χ0n) is 16.1. The number of fused-ring (bicyclic) bond motifs is 3. The van der Waals surface area contributed by atoms with Crippen LogP contribution in [0.2, 0.25) is 0 Å². The molecule has 2 aromatic rings. The van der Waals surface area contributed by atoms with E-state index in [-0.39, 0.29) is 12.0 Å². The maximum Gasteiger partial charge on any atom is 0.338 e. The molecule has 0 unspecified atom stereocenters. The number of ether oxygens (including phenoxy) is 2. The van der Waals surface area contributed by atoms with Crippen molar-refractivity contribution in [3.63, 3.8) is 0 Å². The average Bonchev–Trinajstić information content (AvgIpc) is 3.22. The van der Waals surface area contributed by atoms with Gasteiger partial charge in [0.15, 0.2) is 0 Å². The lowest BCUT2D eigenvalue weighted by Crippen LogP contribution is -2.29. The highest BCUT2D eigenvalue weighted by Crippen LogP contribution is 2.50. The standard InChI is InChI=1S/C24H25NO3/c1-3-14-28-18-11-8-16(9-12-18)23-20-7-5-6-19(20)21-15-17(24(26)27-4-2)10-13-22(21)25-23/h3,5-6,8-13,15,19-20,23,25H,1,4,7,14H2,2H3/t19-,20+,23+/m1/s1. The highest BCUT2D eigenvalue weighted by molar-refractivity contribution is 5.90. The molecule has 28 heavy (non-hydrogen) atoms. The van der Waals surface area contributed by atoms with Gasteiger partial charge in [0.2, 0.25) is 0 Å². The van der Waals surface area contributed by atoms with Crippen molar-refractivity contribution in [3.05, 3.63) is 84.0 Å². The molecule has 0 bridgehead atoms. The summed E-state index contributed by atoms with van der Waals surface area (Å²) in [4.78, 5) is 12.1. The Balaban J connectivity index is 1.62. The quantitative estimate of drug-likeness (QED) is 0.553. The number of rotatable bonds is 6. The highest BCUT2D eigenvalue weighted by atomic mass is 16.5. The largest absolute Gasteiger partial charge is 0.490 e. The summed E-state index contributed by atoms with van der Waals surface area (Å²) in [6.07, 6.45) is 7.28. The highest BCUT2D eigenvalue weighted by Gasteiger charge is 2.38. The lowest BCUT2D eigenvalue weighted by molar-refractivity contribution is 0.0526. The first-order valence-corrected chi connectivity index (χ1v) is 9.79. The van der Waals surface area contributed by atoms with Gasteiger partial charge in [0.05, 0.1) is 18.2 Å². The monoisotopic (exact) mass is 375 g/mol. The molecule has 0 radical (unpaired) electrons. The summed E-state index contributed by atoms with van der Waals surface area (Å²) in [6, 6.07) is 14.3. The predicted octanol–water partition coefficient (Wildman–Crippen LogP) is 5.25. The molecule has 0 amide bonds. The minimum absolute atomic E-state index is 0.217. The molecule has 1 heterocycles. The van der Waals surface area contributed by atoms with Crippen LogP contribution in [-0.4, -0.2) is 19.2 Å². The van der Waals surface area contributed by atoms with E-state index in [0.717, 1.165) is 17.9 Å². The van der Waals surface area contributed by atoms with Crippen LogP contribution in [0.4, 0.5) is 5.69 Å². The van der Waals surface area contributed by atoms with E-state index in [1.54, 1.807) is 6.08 Å². The predicted molar refractivity (Wildman–Crippen MR) is 111 cm³/mol.